The van der Waals surface area contributed by atoms with E-state index in [2.05, 4.69) is 0 Å². The molecule has 5 heteroatoms. The quantitative estimate of drug-likeness (QED) is 0.807. The molecule has 0 fully saturated rings. The SMILES string of the molecule is CCS(=O)(=O)N1CCCC(=O)c2ccccc21. The number of carbonyl (C=O) groups is 1. The molecule has 1 aromatic rings. The Hall–Kier alpha value is -1.36. The van der Waals surface area contributed by atoms with Crippen molar-refractivity contribution in [1.82, 2.24) is 0 Å². The smallest absolute Gasteiger partial charge is 0.234 e. The molecule has 0 aromatic heterocycles. The normalized spacial score (nSPS) is 16.5. The van der Waals surface area contributed by atoms with E-state index >= 15 is 0 Å². The van der Waals surface area contributed by atoms with Gasteiger partial charge in [-0.15, -0.1) is 0 Å². The van der Waals surface area contributed by atoms with Gasteiger partial charge in [-0.1, -0.05) is 12.1 Å². The maximum absolute atomic E-state index is 12.0. The molecular formula is C12H15NO3S. The molecule has 1 aromatic carbocycles. The highest BCUT2D eigenvalue weighted by atomic mass is 32.2. The number of hydrogen-bond acceptors (Lipinski definition) is 3. The van der Waals surface area contributed by atoms with Crippen LogP contribution in [0.3, 0.4) is 0 Å². The Bertz CT molecular complexity index is 536. The van der Waals surface area contributed by atoms with Gasteiger partial charge in [0.15, 0.2) is 5.78 Å². The number of hydrogen-bond donors (Lipinski definition) is 0. The summed E-state index contributed by atoms with van der Waals surface area (Å²) in [5.41, 5.74) is 1.04. The van der Waals surface area contributed by atoms with Gasteiger partial charge in [-0.05, 0) is 25.5 Å². The average molecular weight is 253 g/mol. The van der Waals surface area contributed by atoms with E-state index in [-0.39, 0.29) is 11.5 Å². The van der Waals surface area contributed by atoms with Gasteiger partial charge in [0.25, 0.3) is 0 Å². The summed E-state index contributed by atoms with van der Waals surface area (Å²) in [6.07, 6.45) is 0.986. The van der Waals surface area contributed by atoms with Gasteiger partial charge in [-0.25, -0.2) is 8.42 Å². The second-order valence-corrected chi connectivity index (χ2v) is 6.20. The number of ketones is 1. The van der Waals surface area contributed by atoms with Crippen LogP contribution in [0.5, 0.6) is 0 Å². The molecule has 2 rings (SSSR count). The molecule has 0 unspecified atom stereocenters. The Kier molecular flexibility index (Phi) is 3.19. The number of benzene rings is 1. The number of fused-ring (bicyclic) bond motifs is 1. The van der Waals surface area contributed by atoms with E-state index in [0.29, 0.717) is 30.6 Å². The van der Waals surface area contributed by atoms with E-state index in [9.17, 15) is 13.2 Å². The summed E-state index contributed by atoms with van der Waals surface area (Å²) in [6.45, 7) is 2.00. The summed E-state index contributed by atoms with van der Waals surface area (Å²) < 4.78 is 25.4. The van der Waals surface area contributed by atoms with Crippen LogP contribution < -0.4 is 4.31 Å². The van der Waals surface area contributed by atoms with Gasteiger partial charge in [0.2, 0.25) is 10.0 Å². The first-order chi connectivity index (χ1) is 8.06. The lowest BCUT2D eigenvalue weighted by Gasteiger charge is -2.23. The minimum absolute atomic E-state index is 0.0226. The van der Waals surface area contributed by atoms with Crippen molar-refractivity contribution in [3.05, 3.63) is 29.8 Å². The molecule has 0 radical (unpaired) electrons. The topological polar surface area (TPSA) is 54.5 Å². The van der Waals surface area contributed by atoms with Crippen molar-refractivity contribution in [3.63, 3.8) is 0 Å². The Morgan fingerprint density at radius 2 is 2.00 bits per heavy atom. The Morgan fingerprint density at radius 3 is 2.71 bits per heavy atom. The predicted octanol–water partition coefficient (Wildman–Crippen LogP) is 1.82. The van der Waals surface area contributed by atoms with Crippen LogP contribution in [0.15, 0.2) is 24.3 Å². The highest BCUT2D eigenvalue weighted by Crippen LogP contribution is 2.28. The molecule has 0 saturated heterocycles. The summed E-state index contributed by atoms with van der Waals surface area (Å²) in [4.78, 5) is 11.8. The molecule has 1 aliphatic rings. The van der Waals surface area contributed by atoms with Crippen molar-refractivity contribution >= 4 is 21.5 Å². The third kappa shape index (κ3) is 2.20. The fourth-order valence-electron chi connectivity index (χ4n) is 2.01. The van der Waals surface area contributed by atoms with Gasteiger partial charge in [-0.2, -0.15) is 0 Å². The highest BCUT2D eigenvalue weighted by Gasteiger charge is 2.27. The van der Waals surface area contributed by atoms with Crippen LogP contribution in [-0.2, 0) is 10.0 Å². The Balaban J connectivity index is 2.57. The van der Waals surface area contributed by atoms with E-state index in [1.54, 1.807) is 31.2 Å². The minimum atomic E-state index is -3.30. The van der Waals surface area contributed by atoms with E-state index in [1.807, 2.05) is 0 Å². The van der Waals surface area contributed by atoms with Gasteiger partial charge in [0.05, 0.1) is 11.4 Å². The number of sulfonamides is 1. The van der Waals surface area contributed by atoms with Crippen molar-refractivity contribution in [3.8, 4) is 0 Å². The lowest BCUT2D eigenvalue weighted by atomic mass is 10.1. The van der Waals surface area contributed by atoms with Gasteiger partial charge >= 0.3 is 0 Å². The molecule has 1 heterocycles. The maximum atomic E-state index is 12.0. The van der Waals surface area contributed by atoms with Gasteiger partial charge in [0, 0.05) is 18.5 Å². The first-order valence-corrected chi connectivity index (χ1v) is 7.30. The molecule has 4 nitrogen and oxygen atoms in total. The number of para-hydroxylation sites is 1. The number of Topliss-reactive ketones (excluding diaryl/α,β-unsaturated/α-hetero) is 1. The summed E-state index contributed by atoms with van der Waals surface area (Å²) in [5.74, 6) is 0.0737. The van der Waals surface area contributed by atoms with E-state index in [0.717, 1.165) is 0 Å². The zero-order valence-electron chi connectivity index (χ0n) is 9.72. The summed E-state index contributed by atoms with van der Waals surface area (Å²) >= 11 is 0. The molecule has 0 aliphatic carbocycles. The molecule has 0 bridgehead atoms. The molecule has 0 spiro atoms. The van der Waals surface area contributed by atoms with Crippen molar-refractivity contribution in [1.29, 1.82) is 0 Å². The summed E-state index contributed by atoms with van der Waals surface area (Å²) in [6, 6.07) is 6.92. The lowest BCUT2D eigenvalue weighted by molar-refractivity contribution is 0.0984. The number of nitrogens with zero attached hydrogens (tertiary/aromatic N) is 1. The van der Waals surface area contributed by atoms with Crippen LogP contribution in [0.2, 0.25) is 0 Å². The molecule has 0 saturated carbocycles. The van der Waals surface area contributed by atoms with Crippen LogP contribution in [0, 0.1) is 0 Å². The van der Waals surface area contributed by atoms with Crippen molar-refractivity contribution in [2.45, 2.75) is 19.8 Å². The maximum Gasteiger partial charge on any atom is 0.234 e. The number of carbonyl (C=O) groups excluding carboxylic acids is 1. The molecule has 17 heavy (non-hydrogen) atoms. The fraction of sp³-hybridized carbons (Fsp3) is 0.417. The molecule has 1 aliphatic heterocycles. The van der Waals surface area contributed by atoms with Crippen molar-refractivity contribution < 1.29 is 13.2 Å². The van der Waals surface area contributed by atoms with Crippen LogP contribution >= 0.6 is 0 Å². The van der Waals surface area contributed by atoms with Gasteiger partial charge in [-0.3, -0.25) is 9.10 Å². The first-order valence-electron chi connectivity index (χ1n) is 5.69. The zero-order chi connectivity index (χ0) is 12.5. The van der Waals surface area contributed by atoms with Crippen LogP contribution in [0.1, 0.15) is 30.1 Å². The number of anilines is 1. The van der Waals surface area contributed by atoms with E-state index in [1.165, 1.54) is 4.31 Å². The second kappa shape index (κ2) is 4.49. The van der Waals surface area contributed by atoms with Crippen LogP contribution in [0.4, 0.5) is 5.69 Å². The third-order valence-electron chi connectivity index (χ3n) is 2.94. The Morgan fingerprint density at radius 1 is 1.29 bits per heavy atom. The average Bonchev–Trinajstić information content (AvgIpc) is 2.50. The predicted molar refractivity (Wildman–Crippen MR) is 66.8 cm³/mol. The molecule has 0 N–H and O–H groups in total. The summed E-state index contributed by atoms with van der Waals surface area (Å²) in [5, 5.41) is 0. The third-order valence-corrected chi connectivity index (χ3v) is 4.72. The van der Waals surface area contributed by atoms with E-state index in [4.69, 9.17) is 0 Å². The second-order valence-electron chi connectivity index (χ2n) is 4.02. The minimum Gasteiger partial charge on any atom is -0.294 e. The van der Waals surface area contributed by atoms with Gasteiger partial charge < -0.3 is 0 Å². The largest absolute Gasteiger partial charge is 0.294 e. The van der Waals surface area contributed by atoms with Crippen molar-refractivity contribution in [2.75, 3.05) is 16.6 Å². The van der Waals surface area contributed by atoms with Crippen LogP contribution in [0.25, 0.3) is 0 Å². The molecular weight excluding hydrogens is 238 g/mol. The summed E-state index contributed by atoms with van der Waals surface area (Å²) in [7, 11) is -3.30. The van der Waals surface area contributed by atoms with Crippen molar-refractivity contribution in [2.24, 2.45) is 0 Å². The van der Waals surface area contributed by atoms with Gasteiger partial charge in [0.1, 0.15) is 0 Å². The molecule has 0 amide bonds. The lowest BCUT2D eigenvalue weighted by Crippen LogP contribution is -2.33. The fourth-order valence-corrected chi connectivity index (χ4v) is 3.19. The Labute approximate surface area is 101 Å². The molecule has 92 valence electrons. The number of rotatable bonds is 2. The highest BCUT2D eigenvalue weighted by molar-refractivity contribution is 7.92. The zero-order valence-corrected chi connectivity index (χ0v) is 10.5. The molecule has 0 atom stereocenters. The first kappa shape index (κ1) is 12.1. The van der Waals surface area contributed by atoms with Crippen LogP contribution in [-0.4, -0.2) is 26.5 Å². The van der Waals surface area contributed by atoms with E-state index < -0.39 is 10.0 Å². The monoisotopic (exact) mass is 253 g/mol. The standard InChI is InChI=1S/C12H15NO3S/c1-2-17(15,16)13-9-5-8-12(14)10-6-3-4-7-11(10)13/h3-4,6-7H,2,5,8-9H2,1H3.